The zero-order valence-electron chi connectivity index (χ0n) is 17.7. The number of aliphatic carboxylic acids is 2. The van der Waals surface area contributed by atoms with Gasteiger partial charge in [0.15, 0.2) is 0 Å². The number of hydrogen-bond acceptors (Lipinski definition) is 8. The van der Waals surface area contributed by atoms with Gasteiger partial charge in [-0.25, -0.2) is 0 Å². The summed E-state index contributed by atoms with van der Waals surface area (Å²) >= 11 is 0. The van der Waals surface area contributed by atoms with Crippen LogP contribution in [0.3, 0.4) is 0 Å². The maximum atomic E-state index is 11.4. The summed E-state index contributed by atoms with van der Waals surface area (Å²) in [4.78, 5) is 33.6. The average Bonchev–Trinajstić information content (AvgIpc) is 2.64. The molecule has 11 nitrogen and oxygen atoms in total. The van der Waals surface area contributed by atoms with Gasteiger partial charge in [0, 0.05) is 6.42 Å². The lowest BCUT2D eigenvalue weighted by molar-refractivity contribution is -0.157. The van der Waals surface area contributed by atoms with E-state index in [1.54, 1.807) is 0 Å². The Morgan fingerprint density at radius 2 is 1.50 bits per heavy atom. The van der Waals surface area contributed by atoms with Crippen molar-refractivity contribution in [3.05, 3.63) is 0 Å². The number of hydrogen-bond donors (Lipinski definition) is 4. The van der Waals surface area contributed by atoms with E-state index in [2.05, 4.69) is 0 Å². The molecule has 0 saturated carbocycles. The number of nitrogens with two attached hydrogens (primary N) is 1. The Kier molecular flexibility index (Phi) is 15.0. The van der Waals surface area contributed by atoms with Crippen LogP contribution in [-0.4, -0.2) is 91.6 Å². The predicted octanol–water partition coefficient (Wildman–Crippen LogP) is -0.119. The molecule has 0 aromatic carbocycles. The smallest absolute Gasteiger partial charge is 0.309 e. The quantitative estimate of drug-likeness (QED) is 0.188. The van der Waals surface area contributed by atoms with Gasteiger partial charge < -0.3 is 40.0 Å². The monoisotopic (exact) mass is 437 g/mol. The first kappa shape index (κ1) is 28.2. The molecule has 0 saturated heterocycles. The highest BCUT2D eigenvalue weighted by Gasteiger charge is 2.33. The molecule has 0 aliphatic carbocycles. The van der Waals surface area contributed by atoms with Gasteiger partial charge >= 0.3 is 11.9 Å². The molecule has 176 valence electrons. The van der Waals surface area contributed by atoms with Crippen molar-refractivity contribution in [2.75, 3.05) is 52.9 Å². The van der Waals surface area contributed by atoms with Crippen LogP contribution in [0.1, 0.15) is 33.1 Å². The number of amides is 1. The van der Waals surface area contributed by atoms with Crippen molar-refractivity contribution in [3.8, 4) is 0 Å². The minimum Gasteiger partial charge on any atom is -0.481 e. The van der Waals surface area contributed by atoms with Crippen LogP contribution in [-0.2, 0) is 33.3 Å². The van der Waals surface area contributed by atoms with Gasteiger partial charge in [0.1, 0.15) is 0 Å². The van der Waals surface area contributed by atoms with Crippen LogP contribution in [0.2, 0.25) is 0 Å². The van der Waals surface area contributed by atoms with Crippen molar-refractivity contribution < 1.29 is 48.7 Å². The molecule has 0 aromatic rings. The highest BCUT2D eigenvalue weighted by atomic mass is 16.6. The minimum atomic E-state index is -1.28. The fraction of sp³-hybridized carbons (Fsp3) is 0.842. The number of carbonyl (C=O) groups is 3. The van der Waals surface area contributed by atoms with E-state index in [1.165, 1.54) is 0 Å². The molecule has 1 amide bonds. The van der Waals surface area contributed by atoms with Crippen LogP contribution in [0.25, 0.3) is 0 Å². The van der Waals surface area contributed by atoms with Crippen molar-refractivity contribution >= 4 is 17.8 Å². The molecule has 0 aliphatic heterocycles. The Balaban J connectivity index is 4.11. The molecule has 0 radical (unpaired) electrons. The summed E-state index contributed by atoms with van der Waals surface area (Å²) in [5.74, 6) is -5.51. The topological polar surface area (TPSA) is 175 Å². The number of primary amides is 1. The van der Waals surface area contributed by atoms with Crippen LogP contribution >= 0.6 is 0 Å². The first-order valence-electron chi connectivity index (χ1n) is 9.82. The lowest BCUT2D eigenvalue weighted by Crippen LogP contribution is -2.34. The molecule has 0 rings (SSSR count). The molecular formula is C19H35NO10. The summed E-state index contributed by atoms with van der Waals surface area (Å²) in [7, 11) is 0. The molecule has 0 spiro atoms. The predicted molar refractivity (Wildman–Crippen MR) is 105 cm³/mol. The van der Waals surface area contributed by atoms with E-state index in [0.717, 1.165) is 0 Å². The second kappa shape index (κ2) is 16.0. The second-order valence-electron chi connectivity index (χ2n) is 7.32. The molecule has 0 aliphatic rings. The Hall–Kier alpha value is -1.79. The molecule has 30 heavy (non-hydrogen) atoms. The summed E-state index contributed by atoms with van der Waals surface area (Å²) in [6, 6.07) is 0. The summed E-state index contributed by atoms with van der Waals surface area (Å²) in [6.07, 6.45) is 0.210. The normalized spacial score (nSPS) is 13.7. The molecule has 5 N–H and O–H groups in total. The Morgan fingerprint density at radius 3 is 2.07 bits per heavy atom. The third-order valence-electron chi connectivity index (χ3n) is 4.13. The van der Waals surface area contributed by atoms with Gasteiger partial charge in [0.05, 0.1) is 70.3 Å². The number of carboxylic acid groups (broad SMARTS) is 2. The summed E-state index contributed by atoms with van der Waals surface area (Å²) in [5, 5.41) is 27.3. The first-order chi connectivity index (χ1) is 14.1. The van der Waals surface area contributed by atoms with Crippen LogP contribution in [0.4, 0.5) is 0 Å². The Bertz CT molecular complexity index is 512. The van der Waals surface area contributed by atoms with E-state index in [1.807, 2.05) is 13.8 Å². The Labute approximate surface area is 176 Å². The molecular weight excluding hydrogens is 402 g/mol. The van der Waals surface area contributed by atoms with Crippen molar-refractivity contribution in [2.45, 2.75) is 38.7 Å². The molecule has 0 heterocycles. The van der Waals surface area contributed by atoms with Gasteiger partial charge in [-0.05, 0) is 26.7 Å². The minimum absolute atomic E-state index is 0.00273. The standard InChI is InChI=1S/C19H35NO10/c1-19(2,13-29-7-6-21)30-11-10-27-8-9-28-12-15(18(25)26)14(17(23)24)4-3-5-16(20)22/h14-15,21H,3-13H2,1-2H3,(H2,20,22)(H,23,24)(H,25,26). The largest absolute Gasteiger partial charge is 0.481 e. The fourth-order valence-corrected chi connectivity index (χ4v) is 2.58. The summed E-state index contributed by atoms with van der Waals surface area (Å²) in [5.41, 5.74) is 4.50. The maximum Gasteiger partial charge on any atom is 0.309 e. The zero-order valence-corrected chi connectivity index (χ0v) is 17.7. The van der Waals surface area contributed by atoms with Gasteiger partial charge in [0.25, 0.3) is 0 Å². The Morgan fingerprint density at radius 1 is 0.900 bits per heavy atom. The van der Waals surface area contributed by atoms with E-state index in [-0.39, 0.29) is 52.3 Å². The van der Waals surface area contributed by atoms with Gasteiger partial charge in [-0.15, -0.1) is 0 Å². The highest BCUT2D eigenvalue weighted by molar-refractivity contribution is 5.80. The average molecular weight is 437 g/mol. The second-order valence-corrected chi connectivity index (χ2v) is 7.32. The van der Waals surface area contributed by atoms with E-state index < -0.39 is 35.3 Å². The third kappa shape index (κ3) is 14.2. The zero-order chi connectivity index (χ0) is 23.0. The molecule has 2 unspecified atom stereocenters. The van der Waals surface area contributed by atoms with Gasteiger partial charge in [-0.3, -0.25) is 14.4 Å². The van der Waals surface area contributed by atoms with E-state index >= 15 is 0 Å². The highest BCUT2D eigenvalue weighted by Crippen LogP contribution is 2.20. The molecule has 11 heteroatoms. The number of carboxylic acids is 2. The van der Waals surface area contributed by atoms with E-state index in [9.17, 15) is 24.6 Å². The first-order valence-corrected chi connectivity index (χ1v) is 9.82. The number of rotatable bonds is 20. The number of aliphatic hydroxyl groups is 1. The maximum absolute atomic E-state index is 11.4. The van der Waals surface area contributed by atoms with E-state index in [0.29, 0.717) is 19.8 Å². The van der Waals surface area contributed by atoms with Crippen LogP contribution < -0.4 is 5.73 Å². The van der Waals surface area contributed by atoms with Crippen LogP contribution in [0, 0.1) is 11.8 Å². The van der Waals surface area contributed by atoms with Crippen LogP contribution in [0.5, 0.6) is 0 Å². The van der Waals surface area contributed by atoms with Gasteiger partial charge in [-0.1, -0.05) is 0 Å². The summed E-state index contributed by atoms with van der Waals surface area (Å²) < 4.78 is 21.5. The third-order valence-corrected chi connectivity index (χ3v) is 4.13. The van der Waals surface area contributed by atoms with Crippen molar-refractivity contribution in [3.63, 3.8) is 0 Å². The van der Waals surface area contributed by atoms with Gasteiger partial charge in [-0.2, -0.15) is 0 Å². The van der Waals surface area contributed by atoms with Crippen LogP contribution in [0.15, 0.2) is 0 Å². The summed E-state index contributed by atoms with van der Waals surface area (Å²) in [6.45, 7) is 4.83. The lowest BCUT2D eigenvalue weighted by atomic mass is 9.88. The number of ether oxygens (including phenoxy) is 4. The number of carbonyl (C=O) groups excluding carboxylic acids is 1. The fourth-order valence-electron chi connectivity index (χ4n) is 2.58. The lowest BCUT2D eigenvalue weighted by Gasteiger charge is -2.25. The van der Waals surface area contributed by atoms with Crippen molar-refractivity contribution in [1.82, 2.24) is 0 Å². The van der Waals surface area contributed by atoms with Crippen molar-refractivity contribution in [2.24, 2.45) is 17.6 Å². The molecule has 0 bridgehead atoms. The number of aliphatic hydroxyl groups excluding tert-OH is 1. The molecule has 0 aromatic heterocycles. The SMILES string of the molecule is CC(C)(COCCO)OCCOCCOCC(C(=O)O)C(CCCC(N)=O)C(=O)O. The van der Waals surface area contributed by atoms with E-state index in [4.69, 9.17) is 29.8 Å². The molecule has 0 fully saturated rings. The molecule has 2 atom stereocenters. The van der Waals surface area contributed by atoms with Gasteiger partial charge in [0.2, 0.25) is 5.91 Å². The van der Waals surface area contributed by atoms with Crippen molar-refractivity contribution in [1.29, 1.82) is 0 Å².